The third-order valence-electron chi connectivity index (χ3n) is 5.50. The van der Waals surface area contributed by atoms with Gasteiger partial charge in [0.05, 0.1) is 10.9 Å². The summed E-state index contributed by atoms with van der Waals surface area (Å²) in [4.78, 5) is 28.0. The molecule has 1 aliphatic heterocycles. The number of halogens is 1. The van der Waals surface area contributed by atoms with Crippen molar-refractivity contribution in [2.24, 2.45) is 5.92 Å². The van der Waals surface area contributed by atoms with Crippen LogP contribution >= 0.6 is 11.8 Å². The van der Waals surface area contributed by atoms with Gasteiger partial charge in [0.1, 0.15) is 11.9 Å². The number of thioether (sulfide) groups is 1. The molecule has 3 unspecified atom stereocenters. The number of nitrogens with zero attached hydrogens (tertiary/aromatic N) is 1. The minimum Gasteiger partial charge on any atom is -0.352 e. The van der Waals surface area contributed by atoms with Crippen molar-refractivity contribution in [1.29, 1.82) is 0 Å². The zero-order chi connectivity index (χ0) is 22.4. The van der Waals surface area contributed by atoms with Crippen molar-refractivity contribution < 1.29 is 14.0 Å². The Balaban J connectivity index is 1.70. The van der Waals surface area contributed by atoms with Crippen LogP contribution in [0.3, 0.4) is 0 Å². The Hall–Kier alpha value is -2.34. The highest BCUT2D eigenvalue weighted by molar-refractivity contribution is 8.00. The normalized spacial score (nSPS) is 19.5. The van der Waals surface area contributed by atoms with Crippen LogP contribution in [0.2, 0.25) is 0 Å². The van der Waals surface area contributed by atoms with Crippen LogP contribution in [0.5, 0.6) is 0 Å². The molecule has 2 aromatic rings. The van der Waals surface area contributed by atoms with Crippen LogP contribution in [-0.2, 0) is 11.2 Å². The summed E-state index contributed by atoms with van der Waals surface area (Å²) in [5, 5.41) is 2.94. The fourth-order valence-corrected chi connectivity index (χ4v) is 5.48. The lowest BCUT2D eigenvalue weighted by molar-refractivity contribution is -0.125. The summed E-state index contributed by atoms with van der Waals surface area (Å²) >= 11 is 1.60. The maximum Gasteiger partial charge on any atom is 0.258 e. The minimum absolute atomic E-state index is 0.0210. The molecule has 2 aromatic carbocycles. The van der Waals surface area contributed by atoms with Crippen molar-refractivity contribution >= 4 is 23.6 Å². The Morgan fingerprint density at radius 1 is 1.10 bits per heavy atom. The largest absolute Gasteiger partial charge is 0.352 e. The van der Waals surface area contributed by atoms with E-state index in [1.165, 1.54) is 17.7 Å². The number of benzene rings is 2. The van der Waals surface area contributed by atoms with Crippen molar-refractivity contribution in [2.45, 2.75) is 57.5 Å². The number of amides is 2. The molecule has 2 amide bonds. The molecule has 31 heavy (non-hydrogen) atoms. The van der Waals surface area contributed by atoms with E-state index in [4.69, 9.17) is 0 Å². The second-order valence-corrected chi connectivity index (χ2v) is 9.77. The van der Waals surface area contributed by atoms with Gasteiger partial charge in [-0.25, -0.2) is 4.39 Å². The molecule has 1 saturated heterocycles. The minimum atomic E-state index is -0.597. The van der Waals surface area contributed by atoms with Crippen molar-refractivity contribution in [2.75, 3.05) is 5.75 Å². The van der Waals surface area contributed by atoms with Gasteiger partial charge in [-0.15, -0.1) is 11.8 Å². The van der Waals surface area contributed by atoms with E-state index < -0.39 is 17.8 Å². The molecule has 166 valence electrons. The fraction of sp³-hybridized carbons (Fsp3) is 0.440. The third-order valence-corrected chi connectivity index (χ3v) is 6.82. The van der Waals surface area contributed by atoms with Gasteiger partial charge in [-0.05, 0) is 49.8 Å². The highest BCUT2D eigenvalue weighted by atomic mass is 32.2. The van der Waals surface area contributed by atoms with Crippen LogP contribution < -0.4 is 5.32 Å². The molecule has 4 nitrogen and oxygen atoms in total. The van der Waals surface area contributed by atoms with Gasteiger partial charge < -0.3 is 10.2 Å². The molecule has 3 rings (SSSR count). The Labute approximate surface area is 188 Å². The first-order chi connectivity index (χ1) is 14.9. The lowest BCUT2D eigenvalue weighted by Crippen LogP contribution is -2.51. The van der Waals surface area contributed by atoms with Crippen molar-refractivity contribution in [3.63, 3.8) is 0 Å². The van der Waals surface area contributed by atoms with E-state index in [1.807, 2.05) is 25.1 Å². The van der Waals surface area contributed by atoms with Gasteiger partial charge in [-0.2, -0.15) is 0 Å². The smallest absolute Gasteiger partial charge is 0.258 e. The molecule has 1 N–H and O–H groups in total. The number of hydrogen-bond acceptors (Lipinski definition) is 3. The quantitative estimate of drug-likeness (QED) is 0.633. The molecule has 6 heteroatoms. The van der Waals surface area contributed by atoms with Crippen molar-refractivity contribution in [3.8, 4) is 0 Å². The highest BCUT2D eigenvalue weighted by Crippen LogP contribution is 2.35. The van der Waals surface area contributed by atoms with E-state index in [0.717, 1.165) is 19.3 Å². The van der Waals surface area contributed by atoms with Crippen LogP contribution in [0, 0.1) is 11.7 Å². The lowest BCUT2D eigenvalue weighted by atomic mass is 10.1. The lowest BCUT2D eigenvalue weighted by Gasteiger charge is -2.30. The van der Waals surface area contributed by atoms with Gasteiger partial charge in [0, 0.05) is 11.8 Å². The number of rotatable bonds is 8. The van der Waals surface area contributed by atoms with E-state index in [2.05, 4.69) is 31.3 Å². The SMILES string of the molecule is CC(C)CC1SCC(C(=O)NC(C)CCc2ccccc2)N1C(=O)c1ccccc1F. The van der Waals surface area contributed by atoms with Gasteiger partial charge in [-0.1, -0.05) is 56.3 Å². The van der Waals surface area contributed by atoms with Crippen molar-refractivity contribution in [1.82, 2.24) is 10.2 Å². The molecule has 0 spiro atoms. The Bertz CT molecular complexity index is 890. The maximum absolute atomic E-state index is 14.3. The molecule has 0 radical (unpaired) electrons. The second-order valence-electron chi connectivity index (χ2n) is 8.56. The van der Waals surface area contributed by atoms with Crippen LogP contribution in [0.15, 0.2) is 54.6 Å². The number of carbonyl (C=O) groups is 2. The van der Waals surface area contributed by atoms with Crippen LogP contribution in [0.1, 0.15) is 49.5 Å². The first-order valence-corrected chi connectivity index (χ1v) is 11.9. The average molecular weight is 443 g/mol. The van der Waals surface area contributed by atoms with Gasteiger partial charge in [0.25, 0.3) is 5.91 Å². The topological polar surface area (TPSA) is 49.4 Å². The Morgan fingerprint density at radius 3 is 2.45 bits per heavy atom. The summed E-state index contributed by atoms with van der Waals surface area (Å²) < 4.78 is 14.3. The van der Waals surface area contributed by atoms with E-state index >= 15 is 0 Å². The molecular weight excluding hydrogens is 411 g/mol. The second kappa shape index (κ2) is 10.8. The zero-order valence-electron chi connectivity index (χ0n) is 18.4. The van der Waals surface area contributed by atoms with Gasteiger partial charge >= 0.3 is 0 Å². The Kier molecular flexibility index (Phi) is 8.13. The highest BCUT2D eigenvalue weighted by Gasteiger charge is 2.42. The molecular formula is C25H31FN2O2S. The first kappa shape index (κ1) is 23.3. The summed E-state index contributed by atoms with van der Waals surface area (Å²) in [5.74, 6) is -0.243. The van der Waals surface area contributed by atoms with E-state index in [-0.39, 0.29) is 22.9 Å². The van der Waals surface area contributed by atoms with Gasteiger partial charge in [0.15, 0.2) is 0 Å². The number of aryl methyl sites for hydroxylation is 1. The van der Waals surface area contributed by atoms with Gasteiger partial charge in [0.2, 0.25) is 5.91 Å². The standard InChI is InChI=1S/C25H31FN2O2S/c1-17(2)15-23-28(25(30)20-11-7-8-12-21(20)26)22(16-31-23)24(29)27-18(3)13-14-19-9-5-4-6-10-19/h4-12,17-18,22-23H,13-16H2,1-3H3,(H,27,29). The summed E-state index contributed by atoms with van der Waals surface area (Å²) in [7, 11) is 0. The van der Waals surface area contributed by atoms with E-state index in [9.17, 15) is 14.0 Å². The molecule has 3 atom stereocenters. The summed E-state index contributed by atoms with van der Waals surface area (Å²) in [5.41, 5.74) is 1.25. The zero-order valence-corrected chi connectivity index (χ0v) is 19.2. The molecule has 0 aromatic heterocycles. The molecule has 0 aliphatic carbocycles. The average Bonchev–Trinajstić information content (AvgIpc) is 3.16. The number of carbonyl (C=O) groups excluding carboxylic acids is 2. The maximum atomic E-state index is 14.3. The predicted octanol–water partition coefficient (Wildman–Crippen LogP) is 4.89. The van der Waals surface area contributed by atoms with Crippen molar-refractivity contribution in [3.05, 3.63) is 71.5 Å². The molecule has 0 bridgehead atoms. The van der Waals surface area contributed by atoms with Crippen LogP contribution in [0.25, 0.3) is 0 Å². The first-order valence-electron chi connectivity index (χ1n) is 10.9. The predicted molar refractivity (Wildman–Crippen MR) is 124 cm³/mol. The molecule has 0 saturated carbocycles. The van der Waals surface area contributed by atoms with E-state index in [0.29, 0.717) is 11.7 Å². The number of nitrogens with one attached hydrogen (secondary N) is 1. The molecule has 1 heterocycles. The van der Waals surface area contributed by atoms with E-state index in [1.54, 1.807) is 28.8 Å². The fourth-order valence-electron chi connectivity index (χ4n) is 3.84. The van der Waals surface area contributed by atoms with Gasteiger partial charge in [-0.3, -0.25) is 9.59 Å². The summed E-state index contributed by atoms with van der Waals surface area (Å²) in [6, 6.07) is 15.5. The summed E-state index contributed by atoms with van der Waals surface area (Å²) in [6.45, 7) is 6.16. The molecule has 1 aliphatic rings. The third kappa shape index (κ3) is 6.10. The van der Waals surface area contributed by atoms with Crippen LogP contribution in [-0.4, -0.2) is 39.9 Å². The van der Waals surface area contributed by atoms with Crippen LogP contribution in [0.4, 0.5) is 4.39 Å². The monoisotopic (exact) mass is 442 g/mol. The molecule has 1 fully saturated rings. The number of hydrogen-bond donors (Lipinski definition) is 1. The Morgan fingerprint density at radius 2 is 1.77 bits per heavy atom. The summed E-state index contributed by atoms with van der Waals surface area (Å²) in [6.07, 6.45) is 2.44.